The van der Waals surface area contributed by atoms with Crippen molar-refractivity contribution in [2.24, 2.45) is 7.05 Å². The maximum atomic E-state index is 13.2. The number of rotatable bonds is 5. The monoisotopic (exact) mass is 443 g/mol. The molecule has 0 radical (unpaired) electrons. The second kappa shape index (κ2) is 7.97. The third-order valence-corrected chi connectivity index (χ3v) is 6.35. The standard InChI is InChI=1S/C24H21N5O2S/c1-27(23(30)16-10-11-19-20(13-16)28(2)24(31)25-19)14-17-15-29(18-7-4-3-5-8-18)26-22(17)21-9-6-12-32-21/h3-13,15H,14H2,1-2H3,(H,25,31). The molecule has 5 rings (SSSR count). The summed E-state index contributed by atoms with van der Waals surface area (Å²) in [6.45, 7) is 0.406. The van der Waals surface area contributed by atoms with Crippen LogP contribution < -0.4 is 5.69 Å². The topological polar surface area (TPSA) is 75.9 Å². The molecule has 7 nitrogen and oxygen atoms in total. The van der Waals surface area contributed by atoms with E-state index in [1.165, 1.54) is 4.57 Å². The highest BCUT2D eigenvalue weighted by Crippen LogP contribution is 2.29. The smallest absolute Gasteiger partial charge is 0.326 e. The molecule has 0 unspecified atom stereocenters. The molecule has 3 aromatic heterocycles. The Morgan fingerprint density at radius 3 is 2.69 bits per heavy atom. The average molecular weight is 444 g/mol. The molecule has 0 spiro atoms. The number of aromatic nitrogens is 4. The van der Waals surface area contributed by atoms with Gasteiger partial charge in [-0.3, -0.25) is 9.36 Å². The molecule has 0 bridgehead atoms. The van der Waals surface area contributed by atoms with Gasteiger partial charge in [-0.15, -0.1) is 11.3 Å². The quantitative estimate of drug-likeness (QED) is 0.445. The first-order valence-electron chi connectivity index (χ1n) is 10.1. The number of aromatic amines is 1. The van der Waals surface area contributed by atoms with E-state index < -0.39 is 0 Å². The fourth-order valence-corrected chi connectivity index (χ4v) is 4.51. The fourth-order valence-electron chi connectivity index (χ4n) is 3.76. The molecule has 0 saturated heterocycles. The minimum Gasteiger partial charge on any atom is -0.337 e. The minimum absolute atomic E-state index is 0.120. The van der Waals surface area contributed by atoms with Crippen molar-refractivity contribution in [2.75, 3.05) is 7.05 Å². The molecule has 0 aliphatic rings. The molecule has 160 valence electrons. The van der Waals surface area contributed by atoms with Crippen molar-refractivity contribution >= 4 is 28.3 Å². The van der Waals surface area contributed by atoms with Crippen LogP contribution in [-0.4, -0.2) is 37.2 Å². The van der Waals surface area contributed by atoms with Crippen molar-refractivity contribution < 1.29 is 4.79 Å². The SMILES string of the molecule is CN(Cc1cn(-c2ccccc2)nc1-c1cccs1)C(=O)c1ccc2[nH]c(=O)n(C)c2c1. The normalized spacial score (nSPS) is 11.2. The molecule has 0 saturated carbocycles. The Balaban J connectivity index is 1.47. The zero-order valence-electron chi connectivity index (χ0n) is 17.6. The van der Waals surface area contributed by atoms with Gasteiger partial charge >= 0.3 is 5.69 Å². The van der Waals surface area contributed by atoms with Crippen LogP contribution in [0.1, 0.15) is 15.9 Å². The lowest BCUT2D eigenvalue weighted by Gasteiger charge is -2.17. The van der Waals surface area contributed by atoms with Gasteiger partial charge in [0.25, 0.3) is 5.91 Å². The molecule has 0 aliphatic heterocycles. The van der Waals surface area contributed by atoms with Gasteiger partial charge in [-0.25, -0.2) is 9.48 Å². The largest absolute Gasteiger partial charge is 0.337 e. The van der Waals surface area contributed by atoms with Crippen LogP contribution in [0.4, 0.5) is 0 Å². The number of imidazole rings is 1. The van der Waals surface area contributed by atoms with Crippen molar-refractivity contribution in [2.45, 2.75) is 6.54 Å². The number of fused-ring (bicyclic) bond motifs is 1. The van der Waals surface area contributed by atoms with E-state index in [9.17, 15) is 9.59 Å². The van der Waals surface area contributed by atoms with E-state index in [0.717, 1.165) is 21.8 Å². The summed E-state index contributed by atoms with van der Waals surface area (Å²) in [5, 5.41) is 6.83. The van der Waals surface area contributed by atoms with Gasteiger partial charge in [0.1, 0.15) is 5.69 Å². The van der Waals surface area contributed by atoms with E-state index >= 15 is 0 Å². The van der Waals surface area contributed by atoms with Gasteiger partial charge in [0, 0.05) is 38.0 Å². The maximum absolute atomic E-state index is 13.2. The van der Waals surface area contributed by atoms with Crippen LogP contribution in [-0.2, 0) is 13.6 Å². The van der Waals surface area contributed by atoms with Crippen LogP contribution in [0.5, 0.6) is 0 Å². The number of aryl methyl sites for hydroxylation is 1. The number of nitrogens with zero attached hydrogens (tertiary/aromatic N) is 4. The van der Waals surface area contributed by atoms with E-state index in [0.29, 0.717) is 23.1 Å². The minimum atomic E-state index is -0.202. The molecule has 0 fully saturated rings. The number of carbonyl (C=O) groups excluding carboxylic acids is 1. The van der Waals surface area contributed by atoms with Crippen molar-refractivity contribution in [3.63, 3.8) is 0 Å². The van der Waals surface area contributed by atoms with Gasteiger partial charge in [0.05, 0.1) is 21.6 Å². The van der Waals surface area contributed by atoms with Crippen molar-refractivity contribution in [1.82, 2.24) is 24.2 Å². The summed E-state index contributed by atoms with van der Waals surface area (Å²) in [6.07, 6.45) is 1.98. The van der Waals surface area contributed by atoms with Gasteiger partial charge in [-0.05, 0) is 41.8 Å². The number of carbonyl (C=O) groups is 1. The van der Waals surface area contributed by atoms with Crippen LogP contribution in [0.25, 0.3) is 27.3 Å². The highest BCUT2D eigenvalue weighted by Gasteiger charge is 2.19. The van der Waals surface area contributed by atoms with Crippen LogP contribution in [0, 0.1) is 0 Å². The third kappa shape index (κ3) is 3.54. The molecule has 3 heterocycles. The highest BCUT2D eigenvalue weighted by atomic mass is 32.1. The van der Waals surface area contributed by atoms with E-state index in [2.05, 4.69) is 4.98 Å². The Morgan fingerprint density at radius 2 is 1.94 bits per heavy atom. The van der Waals surface area contributed by atoms with Crippen LogP contribution in [0.2, 0.25) is 0 Å². The van der Waals surface area contributed by atoms with Crippen LogP contribution in [0.3, 0.4) is 0 Å². The summed E-state index contributed by atoms with van der Waals surface area (Å²) in [6, 6.07) is 19.2. The van der Waals surface area contributed by atoms with Crippen molar-refractivity contribution in [3.8, 4) is 16.3 Å². The Bertz CT molecular complexity index is 1460. The van der Waals surface area contributed by atoms with E-state index in [4.69, 9.17) is 5.10 Å². The number of benzene rings is 2. The fraction of sp³-hybridized carbons (Fsp3) is 0.125. The van der Waals surface area contributed by atoms with E-state index in [1.54, 1.807) is 48.5 Å². The summed E-state index contributed by atoms with van der Waals surface area (Å²) in [5.74, 6) is -0.120. The molecule has 5 aromatic rings. The van der Waals surface area contributed by atoms with Crippen molar-refractivity contribution in [1.29, 1.82) is 0 Å². The van der Waals surface area contributed by atoms with Gasteiger partial charge in [0.2, 0.25) is 0 Å². The predicted octanol–water partition coefficient (Wildman–Crippen LogP) is 4.05. The first kappa shape index (κ1) is 20.0. The maximum Gasteiger partial charge on any atom is 0.326 e. The molecule has 0 atom stereocenters. The number of nitrogens with one attached hydrogen (secondary N) is 1. The Labute approximate surface area is 188 Å². The Morgan fingerprint density at radius 1 is 1.12 bits per heavy atom. The molecular weight excluding hydrogens is 422 g/mol. The zero-order valence-corrected chi connectivity index (χ0v) is 18.5. The first-order chi connectivity index (χ1) is 15.5. The molecular formula is C24H21N5O2S. The summed E-state index contributed by atoms with van der Waals surface area (Å²) in [4.78, 5) is 30.6. The molecule has 1 N–H and O–H groups in total. The second-order valence-electron chi connectivity index (χ2n) is 7.64. The Kier molecular flexibility index (Phi) is 4.99. The summed E-state index contributed by atoms with van der Waals surface area (Å²) >= 11 is 1.62. The number of para-hydroxylation sites is 1. The zero-order chi connectivity index (χ0) is 22.2. The van der Waals surface area contributed by atoms with Gasteiger partial charge in [-0.1, -0.05) is 24.3 Å². The van der Waals surface area contributed by atoms with E-state index in [-0.39, 0.29) is 11.6 Å². The lowest BCUT2D eigenvalue weighted by Crippen LogP contribution is -2.26. The van der Waals surface area contributed by atoms with Crippen LogP contribution in [0.15, 0.2) is 77.0 Å². The number of H-pyrrole nitrogens is 1. The number of hydrogen-bond donors (Lipinski definition) is 1. The second-order valence-corrected chi connectivity index (χ2v) is 8.59. The van der Waals surface area contributed by atoms with Crippen LogP contribution >= 0.6 is 11.3 Å². The number of thiophene rings is 1. The summed E-state index contributed by atoms with van der Waals surface area (Å²) in [5.41, 5.74) is 4.53. The molecule has 1 amide bonds. The first-order valence-corrected chi connectivity index (χ1v) is 11.0. The molecule has 8 heteroatoms. The Hall–Kier alpha value is -3.91. The number of hydrogen-bond acceptors (Lipinski definition) is 4. The summed E-state index contributed by atoms with van der Waals surface area (Å²) < 4.78 is 3.36. The van der Waals surface area contributed by atoms with E-state index in [1.807, 2.05) is 58.7 Å². The molecule has 0 aliphatic carbocycles. The molecule has 32 heavy (non-hydrogen) atoms. The lowest BCUT2D eigenvalue weighted by atomic mass is 10.1. The molecule has 2 aromatic carbocycles. The van der Waals surface area contributed by atoms with Crippen molar-refractivity contribution in [3.05, 3.63) is 93.9 Å². The van der Waals surface area contributed by atoms with Gasteiger partial charge in [0.15, 0.2) is 0 Å². The summed E-state index contributed by atoms with van der Waals surface area (Å²) in [7, 11) is 3.46. The highest BCUT2D eigenvalue weighted by molar-refractivity contribution is 7.13. The average Bonchev–Trinajstić information content (AvgIpc) is 3.54. The van der Waals surface area contributed by atoms with Gasteiger partial charge in [-0.2, -0.15) is 5.10 Å². The predicted molar refractivity (Wildman–Crippen MR) is 126 cm³/mol. The third-order valence-electron chi connectivity index (χ3n) is 5.47. The van der Waals surface area contributed by atoms with Gasteiger partial charge < -0.3 is 9.88 Å². The lowest BCUT2D eigenvalue weighted by molar-refractivity contribution is 0.0785. The number of amides is 1.